The first-order valence-corrected chi connectivity index (χ1v) is 14.3. The minimum absolute atomic E-state index is 0.0142. The van der Waals surface area contributed by atoms with Gasteiger partial charge in [0.25, 0.3) is 5.91 Å². The molecule has 0 saturated carbocycles. The van der Waals surface area contributed by atoms with Crippen LogP contribution in [0.1, 0.15) is 53.7 Å². The number of likely N-dealkylation sites (tertiary alicyclic amines) is 1. The predicted molar refractivity (Wildman–Crippen MR) is 152 cm³/mol. The molecule has 0 bridgehead atoms. The zero-order valence-corrected chi connectivity index (χ0v) is 23.6. The number of nitrogens with zero attached hydrogens (tertiary/aromatic N) is 2. The van der Waals surface area contributed by atoms with Crippen LogP contribution in [0.2, 0.25) is 0 Å². The van der Waals surface area contributed by atoms with E-state index in [1.165, 1.54) is 11.0 Å². The van der Waals surface area contributed by atoms with Gasteiger partial charge in [-0.05, 0) is 80.9 Å². The number of carbonyl (C=O) groups is 3. The Labute approximate surface area is 242 Å². The highest BCUT2D eigenvalue weighted by molar-refractivity contribution is 6.06. The predicted octanol–water partition coefficient (Wildman–Crippen LogP) is 3.56. The normalized spacial score (nSPS) is 28.7. The molecule has 1 aromatic heterocycles. The van der Waals surface area contributed by atoms with Crippen molar-refractivity contribution in [3.8, 4) is 0 Å². The molecule has 3 amide bonds. The van der Waals surface area contributed by atoms with Gasteiger partial charge in [-0.2, -0.15) is 0 Å². The quantitative estimate of drug-likeness (QED) is 0.504. The lowest BCUT2D eigenvalue weighted by atomic mass is 9.79. The molecule has 6 rings (SSSR count). The van der Waals surface area contributed by atoms with Crippen molar-refractivity contribution in [1.82, 2.24) is 15.2 Å². The number of anilines is 1. The molecule has 1 spiro atoms. The van der Waals surface area contributed by atoms with Crippen LogP contribution in [0.3, 0.4) is 0 Å². The van der Waals surface area contributed by atoms with Crippen molar-refractivity contribution in [3.63, 3.8) is 0 Å². The monoisotopic (exact) mass is 576 g/mol. The van der Waals surface area contributed by atoms with Crippen molar-refractivity contribution in [2.24, 2.45) is 11.8 Å². The number of allylic oxidation sites excluding steroid dienone is 4. The van der Waals surface area contributed by atoms with Gasteiger partial charge in [-0.15, -0.1) is 0 Å². The summed E-state index contributed by atoms with van der Waals surface area (Å²) in [5.74, 6) is -2.34. The fourth-order valence-electron chi connectivity index (χ4n) is 6.94. The lowest BCUT2D eigenvalue weighted by Gasteiger charge is -2.34. The van der Waals surface area contributed by atoms with E-state index in [2.05, 4.69) is 15.6 Å². The molecule has 4 aliphatic rings. The molecule has 42 heavy (non-hydrogen) atoms. The minimum Gasteiger partial charge on any atom is -0.389 e. The van der Waals surface area contributed by atoms with Gasteiger partial charge in [0.2, 0.25) is 11.8 Å². The Morgan fingerprint density at radius 1 is 1.21 bits per heavy atom. The van der Waals surface area contributed by atoms with Crippen molar-refractivity contribution < 1.29 is 28.3 Å². The van der Waals surface area contributed by atoms with Crippen molar-refractivity contribution in [1.29, 1.82) is 0 Å². The van der Waals surface area contributed by atoms with Crippen LogP contribution in [0.4, 0.5) is 14.6 Å². The number of rotatable bonds is 5. The number of benzene rings is 1. The highest BCUT2D eigenvalue weighted by Gasteiger charge is 2.51. The van der Waals surface area contributed by atoms with Crippen molar-refractivity contribution in [2.45, 2.75) is 62.8 Å². The van der Waals surface area contributed by atoms with E-state index in [0.29, 0.717) is 30.6 Å². The van der Waals surface area contributed by atoms with E-state index in [0.717, 1.165) is 22.8 Å². The number of pyridine rings is 1. The van der Waals surface area contributed by atoms with Crippen LogP contribution in [0.15, 0.2) is 60.6 Å². The molecular weight excluding hydrogens is 542 g/mol. The van der Waals surface area contributed by atoms with Gasteiger partial charge in [-0.25, -0.2) is 13.8 Å². The summed E-state index contributed by atoms with van der Waals surface area (Å²) in [6.07, 6.45) is 5.63. The first-order valence-electron chi connectivity index (χ1n) is 14.3. The van der Waals surface area contributed by atoms with Gasteiger partial charge >= 0.3 is 0 Å². The molecule has 3 N–H and O–H groups in total. The van der Waals surface area contributed by atoms with Crippen molar-refractivity contribution >= 4 is 23.5 Å². The number of β-amino-alcohol motifs (C(OH)–C–C–N with tert-alkyl or cyclic N) is 1. The van der Waals surface area contributed by atoms with Gasteiger partial charge in [0, 0.05) is 36.3 Å². The Morgan fingerprint density at radius 3 is 2.79 bits per heavy atom. The summed E-state index contributed by atoms with van der Waals surface area (Å²) >= 11 is 0. The molecule has 3 heterocycles. The number of amides is 3. The Bertz CT molecular complexity index is 1520. The van der Waals surface area contributed by atoms with E-state index in [9.17, 15) is 28.3 Å². The fraction of sp³-hybridized carbons (Fsp3) is 0.438. The molecule has 2 aromatic rings. The second-order valence-electron chi connectivity index (χ2n) is 12.6. The Kier molecular flexibility index (Phi) is 7.00. The number of fused-ring (bicyclic) bond motifs is 3. The molecule has 0 radical (unpaired) electrons. The van der Waals surface area contributed by atoms with E-state index in [4.69, 9.17) is 0 Å². The molecule has 1 saturated heterocycles. The molecular formula is C32H34F2N4O4. The molecule has 1 fully saturated rings. The van der Waals surface area contributed by atoms with E-state index in [1.807, 2.05) is 18.2 Å². The number of hydrogen-bond donors (Lipinski definition) is 3. The van der Waals surface area contributed by atoms with Gasteiger partial charge in [-0.1, -0.05) is 24.3 Å². The molecule has 1 aromatic carbocycles. The third-order valence-electron chi connectivity index (χ3n) is 8.95. The Hall–Kier alpha value is -3.92. The molecule has 5 atom stereocenters. The number of alkyl halides is 1. The summed E-state index contributed by atoms with van der Waals surface area (Å²) in [6.45, 7) is 3.27. The second kappa shape index (κ2) is 10.4. The van der Waals surface area contributed by atoms with Gasteiger partial charge in [0.15, 0.2) is 6.17 Å². The number of aromatic nitrogens is 1. The van der Waals surface area contributed by atoms with Crippen LogP contribution in [-0.4, -0.2) is 63.6 Å². The zero-order valence-electron chi connectivity index (χ0n) is 23.6. The topological polar surface area (TPSA) is 112 Å². The van der Waals surface area contributed by atoms with E-state index >= 15 is 0 Å². The van der Waals surface area contributed by atoms with Gasteiger partial charge in [0.05, 0.1) is 11.0 Å². The molecule has 2 aliphatic heterocycles. The fourth-order valence-corrected chi connectivity index (χ4v) is 6.94. The van der Waals surface area contributed by atoms with Crippen LogP contribution < -0.4 is 10.6 Å². The van der Waals surface area contributed by atoms with Gasteiger partial charge < -0.3 is 20.6 Å². The maximum atomic E-state index is 14.8. The molecule has 3 unspecified atom stereocenters. The highest BCUT2D eigenvalue weighted by Crippen LogP contribution is 2.46. The summed E-state index contributed by atoms with van der Waals surface area (Å²) in [7, 11) is 0. The van der Waals surface area contributed by atoms with Crippen molar-refractivity contribution in [3.05, 3.63) is 82.8 Å². The summed E-state index contributed by atoms with van der Waals surface area (Å²) < 4.78 is 28.9. The van der Waals surface area contributed by atoms with Crippen LogP contribution in [0.5, 0.6) is 0 Å². The first-order chi connectivity index (χ1) is 19.9. The average molecular weight is 577 g/mol. The lowest BCUT2D eigenvalue weighted by Crippen LogP contribution is -2.51. The number of aliphatic hydroxyl groups is 1. The zero-order chi connectivity index (χ0) is 29.8. The number of halogens is 2. The Morgan fingerprint density at radius 2 is 2.00 bits per heavy atom. The molecule has 10 heteroatoms. The third kappa shape index (κ3) is 5.02. The molecule has 8 nitrogen and oxygen atoms in total. The van der Waals surface area contributed by atoms with Crippen LogP contribution in [0.25, 0.3) is 0 Å². The SMILES string of the molecule is CC(C)(O)CN1C[C@H](C2C=CC=C(F)C2F)CC[C@@H](NC(=O)c2ccc3c(c2)CC2(C3)C(=O)Nc3ncccc32)C1=O. The number of nitrogens with one attached hydrogen (secondary N) is 2. The second-order valence-corrected chi connectivity index (χ2v) is 12.6. The van der Waals surface area contributed by atoms with Crippen molar-refractivity contribution in [2.75, 3.05) is 18.4 Å². The van der Waals surface area contributed by atoms with Crippen LogP contribution in [-0.2, 0) is 27.8 Å². The van der Waals surface area contributed by atoms with Crippen LogP contribution >= 0.6 is 0 Å². The summed E-state index contributed by atoms with van der Waals surface area (Å²) in [6, 6.07) is 8.14. The maximum Gasteiger partial charge on any atom is 0.251 e. The third-order valence-corrected chi connectivity index (χ3v) is 8.95. The van der Waals surface area contributed by atoms with E-state index in [1.54, 1.807) is 38.3 Å². The largest absolute Gasteiger partial charge is 0.389 e. The maximum absolute atomic E-state index is 14.8. The van der Waals surface area contributed by atoms with E-state index < -0.39 is 46.8 Å². The summed E-state index contributed by atoms with van der Waals surface area (Å²) in [4.78, 5) is 45.9. The summed E-state index contributed by atoms with van der Waals surface area (Å²) in [5, 5.41) is 16.2. The Balaban J connectivity index is 1.21. The van der Waals surface area contributed by atoms with E-state index in [-0.39, 0.29) is 31.3 Å². The standard InChI is InChI=1S/C32H34F2N4O4/c1-31(2,42)17-38-16-20(22-5-3-7-24(33)26(22)34)10-11-25(29(38)40)36-28(39)18-8-9-19-14-32(15-21(19)13-18)23-6-4-12-35-27(23)37-30(32)41/h3-9,12-13,20,22,25-26,42H,10-11,14-17H2,1-2H3,(H,36,39)(H,35,37,41)/t20-,22?,25-,26?,32?/m1/s1. The molecule has 2 aliphatic carbocycles. The lowest BCUT2D eigenvalue weighted by molar-refractivity contribution is -0.136. The number of carbonyl (C=O) groups excluding carboxylic acids is 3. The minimum atomic E-state index is -1.80. The molecule has 220 valence electrons. The first kappa shape index (κ1) is 28.2. The van der Waals surface area contributed by atoms with Gasteiger partial charge in [-0.3, -0.25) is 14.4 Å². The summed E-state index contributed by atoms with van der Waals surface area (Å²) in [5.41, 5.74) is 1.09. The van der Waals surface area contributed by atoms with Crippen LogP contribution in [0, 0.1) is 11.8 Å². The number of hydrogen-bond acceptors (Lipinski definition) is 5. The van der Waals surface area contributed by atoms with Gasteiger partial charge in [0.1, 0.15) is 17.7 Å². The smallest absolute Gasteiger partial charge is 0.251 e. The average Bonchev–Trinajstić information content (AvgIpc) is 3.41. The highest BCUT2D eigenvalue weighted by atomic mass is 19.2.